The summed E-state index contributed by atoms with van der Waals surface area (Å²) in [6.07, 6.45) is -8.56. The number of phosphoric ester groups is 2. The zero-order valence-corrected chi connectivity index (χ0v) is 16.3. The molecule has 0 radical (unpaired) electrons. The van der Waals surface area contributed by atoms with Crippen LogP contribution in [0.15, 0.2) is 0 Å². The minimum Gasteiger partial charge on any atom is -0.388 e. The third-order valence-corrected chi connectivity index (χ3v) is 5.71. The minimum absolute atomic E-state index is 0.584. The lowest BCUT2D eigenvalue weighted by molar-refractivity contribution is -0.0334. The average molecular weight is 436 g/mol. The van der Waals surface area contributed by atoms with Crippen molar-refractivity contribution in [3.63, 3.8) is 0 Å². The van der Waals surface area contributed by atoms with Crippen LogP contribution in [-0.2, 0) is 32.2 Å². The van der Waals surface area contributed by atoms with Crippen molar-refractivity contribution in [1.82, 2.24) is 0 Å². The van der Waals surface area contributed by atoms with E-state index in [4.69, 9.17) is 28.3 Å². The zero-order chi connectivity index (χ0) is 20.6. The Labute approximate surface area is 155 Å². The summed E-state index contributed by atoms with van der Waals surface area (Å²) in [5.74, 6) is 0. The van der Waals surface area contributed by atoms with E-state index in [9.17, 15) is 29.3 Å². The number of hydrogen-bond acceptors (Lipinski definition) is 10. The zero-order valence-electron chi connectivity index (χ0n) is 14.5. The Hall–Kier alpha value is 0.0849. The lowest BCUT2D eigenvalue weighted by atomic mass is 9.93. The van der Waals surface area contributed by atoms with E-state index in [0.717, 1.165) is 0 Å². The number of phosphoric acid groups is 2. The van der Waals surface area contributed by atoms with Gasteiger partial charge in [0.1, 0.15) is 44.5 Å². The van der Waals surface area contributed by atoms with Crippen LogP contribution in [0.4, 0.5) is 0 Å². The van der Waals surface area contributed by atoms with Crippen molar-refractivity contribution >= 4 is 23.5 Å². The molecule has 0 aromatic carbocycles. The molecule has 0 bridgehead atoms. The van der Waals surface area contributed by atoms with Crippen LogP contribution in [0.3, 0.4) is 0 Å². The summed E-state index contributed by atoms with van der Waals surface area (Å²) in [6, 6.07) is -0.701. The van der Waals surface area contributed by atoms with Crippen LogP contribution >= 0.6 is 15.6 Å². The molecule has 0 saturated carbocycles. The minimum atomic E-state index is -4.83. The highest BCUT2D eigenvalue weighted by atomic mass is 31.2. The molecule has 2 aliphatic heterocycles. The number of hydrogen-bond donors (Lipinski definition) is 6. The number of ether oxygens (including phenoxy) is 2. The molecule has 0 aromatic rings. The quantitative estimate of drug-likeness (QED) is 0.164. The second kappa shape index (κ2) is 8.84. The third kappa shape index (κ3) is 6.28. The molecular weight excluding hydrogens is 413 g/mol. The topological polar surface area (TPSA) is 202 Å². The van der Waals surface area contributed by atoms with Gasteiger partial charge >= 0.3 is 15.6 Å². The van der Waals surface area contributed by atoms with Gasteiger partial charge in [0.25, 0.3) is 0 Å². The molecule has 5 unspecified atom stereocenters. The maximum atomic E-state index is 12.1. The molecule has 0 spiro atoms. The molecule has 13 nitrogen and oxygen atoms in total. The predicted molar refractivity (Wildman–Crippen MR) is 88.2 cm³/mol. The molecule has 0 amide bonds. The fraction of sp³-hybridized carbons (Fsp3) is 1.00. The molecule has 2 rings (SSSR count). The molecule has 6 N–H and O–H groups in total. The summed E-state index contributed by atoms with van der Waals surface area (Å²) in [7, 11) is -8.12. The van der Waals surface area contributed by atoms with Gasteiger partial charge in [-0.15, -0.1) is 0 Å². The first-order chi connectivity index (χ1) is 12.3. The van der Waals surface area contributed by atoms with Crippen molar-refractivity contribution in [3.8, 4) is 0 Å². The summed E-state index contributed by atoms with van der Waals surface area (Å²) in [5, 5.41) is 29.4. The van der Waals surface area contributed by atoms with E-state index in [2.05, 4.69) is 4.52 Å². The standard InChI is InChI=1S/C11H23BO13P2/c1-4-7(13)10(6(23-4)3-21-26(16,17)18)25-27(19,20)22-2-5-8(14)9(15)11(12)24-5/h4-11,13-15H,2-3,12H2,1H3,(H,19,20)(H2,16,17,18)/t4-,5+,6+,7?,8?,9?,10?,11+/m0/s1. The fourth-order valence-electron chi connectivity index (χ4n) is 2.78. The smallest absolute Gasteiger partial charge is 0.388 e. The van der Waals surface area contributed by atoms with Crippen molar-refractivity contribution < 1.29 is 62.2 Å². The van der Waals surface area contributed by atoms with E-state index in [1.807, 2.05) is 0 Å². The summed E-state index contributed by atoms with van der Waals surface area (Å²) in [5.41, 5.74) is 0. The Kier molecular flexibility index (Phi) is 7.65. The highest BCUT2D eigenvalue weighted by Gasteiger charge is 2.48. The first kappa shape index (κ1) is 23.4. The number of aliphatic hydroxyl groups excluding tert-OH is 3. The van der Waals surface area contributed by atoms with E-state index >= 15 is 0 Å². The molecule has 0 aromatic heterocycles. The molecule has 2 heterocycles. The van der Waals surface area contributed by atoms with Gasteiger partial charge in [-0.05, 0) is 6.92 Å². The van der Waals surface area contributed by atoms with Crippen LogP contribution in [0, 0.1) is 0 Å². The first-order valence-corrected chi connectivity index (χ1v) is 11.0. The Morgan fingerprint density at radius 1 is 0.926 bits per heavy atom. The monoisotopic (exact) mass is 436 g/mol. The van der Waals surface area contributed by atoms with Crippen molar-refractivity contribution in [2.45, 2.75) is 55.7 Å². The van der Waals surface area contributed by atoms with Gasteiger partial charge in [-0.3, -0.25) is 13.6 Å². The molecule has 2 saturated heterocycles. The van der Waals surface area contributed by atoms with E-state index in [0.29, 0.717) is 0 Å². The lowest BCUT2D eigenvalue weighted by Gasteiger charge is -2.24. The number of rotatable bonds is 8. The van der Waals surface area contributed by atoms with Crippen molar-refractivity contribution in [2.75, 3.05) is 13.2 Å². The second-order valence-electron chi connectivity index (χ2n) is 6.35. The molecule has 16 heteroatoms. The van der Waals surface area contributed by atoms with E-state index in [-0.39, 0.29) is 0 Å². The normalized spacial score (nSPS) is 42.3. The van der Waals surface area contributed by atoms with Crippen LogP contribution in [0.25, 0.3) is 0 Å². The molecule has 0 aliphatic carbocycles. The van der Waals surface area contributed by atoms with Crippen LogP contribution in [0.1, 0.15) is 6.92 Å². The van der Waals surface area contributed by atoms with Gasteiger partial charge in [-0.2, -0.15) is 0 Å². The predicted octanol–water partition coefficient (Wildman–Crippen LogP) is -3.17. The highest BCUT2D eigenvalue weighted by Crippen LogP contribution is 2.48. The molecule has 9 atom stereocenters. The summed E-state index contributed by atoms with van der Waals surface area (Å²) in [4.78, 5) is 27.3. The molecule has 2 fully saturated rings. The third-order valence-electron chi connectivity index (χ3n) is 4.24. The summed E-state index contributed by atoms with van der Waals surface area (Å²) in [6.45, 7) is 0.136. The van der Waals surface area contributed by atoms with Crippen LogP contribution in [0.5, 0.6) is 0 Å². The van der Waals surface area contributed by atoms with Crippen molar-refractivity contribution in [3.05, 3.63) is 0 Å². The second-order valence-corrected chi connectivity index (χ2v) is 9.00. The van der Waals surface area contributed by atoms with Gasteiger partial charge in [0.15, 0.2) is 0 Å². The summed E-state index contributed by atoms with van der Waals surface area (Å²) >= 11 is 0. The van der Waals surface area contributed by atoms with E-state index < -0.39 is 77.6 Å². The molecule has 27 heavy (non-hydrogen) atoms. The van der Waals surface area contributed by atoms with E-state index in [1.165, 1.54) is 14.8 Å². The molecule has 158 valence electrons. The number of aliphatic hydroxyl groups is 3. The Morgan fingerprint density at radius 2 is 1.52 bits per heavy atom. The molecule has 2 aliphatic rings. The fourth-order valence-corrected chi connectivity index (χ4v) is 4.09. The van der Waals surface area contributed by atoms with Crippen LogP contribution in [0.2, 0.25) is 0 Å². The maximum absolute atomic E-state index is 12.1. The highest BCUT2D eigenvalue weighted by molar-refractivity contribution is 7.47. The van der Waals surface area contributed by atoms with Crippen LogP contribution in [-0.4, -0.2) is 99.8 Å². The van der Waals surface area contributed by atoms with Gasteiger partial charge in [-0.25, -0.2) is 9.13 Å². The van der Waals surface area contributed by atoms with Gasteiger partial charge in [0, 0.05) is 0 Å². The average Bonchev–Trinajstić information content (AvgIpc) is 2.95. The summed E-state index contributed by atoms with van der Waals surface area (Å²) < 4.78 is 47.3. The van der Waals surface area contributed by atoms with Gasteiger partial charge in [0.05, 0.1) is 25.3 Å². The van der Waals surface area contributed by atoms with Gasteiger partial charge < -0.3 is 39.5 Å². The lowest BCUT2D eigenvalue weighted by Crippen LogP contribution is -2.37. The Bertz CT molecular complexity index is 601. The molecular formula is C11H23BO13P2. The van der Waals surface area contributed by atoms with Crippen LogP contribution < -0.4 is 0 Å². The van der Waals surface area contributed by atoms with Crippen molar-refractivity contribution in [1.29, 1.82) is 0 Å². The SMILES string of the molecule is B[C@@H]1O[C@H](COP(=O)(O)OC2C(O)[C@H](C)O[C@@H]2COP(=O)(O)O)C(O)C1O. The Balaban J connectivity index is 1.95. The largest absolute Gasteiger partial charge is 0.472 e. The van der Waals surface area contributed by atoms with E-state index in [1.54, 1.807) is 0 Å². The Morgan fingerprint density at radius 3 is 2.04 bits per heavy atom. The van der Waals surface area contributed by atoms with Gasteiger partial charge in [0.2, 0.25) is 0 Å². The van der Waals surface area contributed by atoms with Gasteiger partial charge in [-0.1, -0.05) is 0 Å². The van der Waals surface area contributed by atoms with Crippen molar-refractivity contribution in [2.24, 2.45) is 0 Å². The maximum Gasteiger partial charge on any atom is 0.472 e. The first-order valence-electron chi connectivity index (χ1n) is 8.01.